The van der Waals surface area contributed by atoms with Gasteiger partial charge in [-0.1, -0.05) is 0 Å². The summed E-state index contributed by atoms with van der Waals surface area (Å²) in [5.74, 6) is 0.317. The molecule has 1 fully saturated rings. The molecule has 8 heteroatoms. The van der Waals surface area contributed by atoms with Crippen molar-refractivity contribution in [2.75, 3.05) is 6.61 Å². The van der Waals surface area contributed by atoms with Gasteiger partial charge in [0.1, 0.15) is 0 Å². The quantitative estimate of drug-likeness (QED) is 0.267. The molecule has 1 aliphatic carbocycles. The van der Waals surface area contributed by atoms with E-state index in [4.69, 9.17) is 5.11 Å². The van der Waals surface area contributed by atoms with Crippen LogP contribution in [0.2, 0.25) is 0 Å². The molecule has 0 heterocycles. The molecule has 0 unspecified atom stereocenters. The molecule has 0 aromatic heterocycles. The van der Waals surface area contributed by atoms with Crippen molar-refractivity contribution in [2.45, 2.75) is 31.7 Å². The zero-order chi connectivity index (χ0) is 10.6. The van der Waals surface area contributed by atoms with Crippen LogP contribution >= 0.6 is 0 Å². The second-order valence-electron chi connectivity index (χ2n) is 3.60. The van der Waals surface area contributed by atoms with Crippen LogP contribution in [-0.4, -0.2) is 30.7 Å². The first-order valence-corrected chi connectivity index (χ1v) is 6.01. The van der Waals surface area contributed by atoms with E-state index in [1.165, 1.54) is 0 Å². The molecule has 0 saturated heterocycles. The minimum Gasteiger partial charge on any atom is -0.735 e. The van der Waals surface area contributed by atoms with Crippen molar-refractivity contribution in [2.24, 2.45) is 5.92 Å². The monoisotopic (exact) mass is 246 g/mol. The van der Waals surface area contributed by atoms with E-state index in [0.717, 1.165) is 25.7 Å². The molecule has 6 nitrogen and oxygen atoms in total. The standard InChI is InChI=1S/C7H16N2O4S.Na/c10-5-6-1-3-7(4-2-6)8-9-14(11,12)13;/h6-10H,1-5H2,(H,11,12,13);/q;+1/p-1. The Morgan fingerprint density at radius 2 is 1.80 bits per heavy atom. The van der Waals surface area contributed by atoms with E-state index in [2.05, 4.69) is 5.43 Å². The third-order valence-corrected chi connectivity index (χ3v) is 2.86. The maximum absolute atomic E-state index is 10.2. The zero-order valence-electron chi connectivity index (χ0n) is 8.77. The molecular formula is C7H15N2NaO4S. The van der Waals surface area contributed by atoms with Gasteiger partial charge in [-0.05, 0) is 31.6 Å². The van der Waals surface area contributed by atoms with Gasteiger partial charge in [0.25, 0.3) is 0 Å². The molecule has 1 rings (SSSR count). The summed E-state index contributed by atoms with van der Waals surface area (Å²) in [5, 5.41) is 8.85. The number of hydrogen-bond donors (Lipinski definition) is 3. The first kappa shape index (κ1) is 15.8. The van der Waals surface area contributed by atoms with Crippen molar-refractivity contribution in [1.82, 2.24) is 10.3 Å². The Morgan fingerprint density at radius 3 is 2.20 bits per heavy atom. The van der Waals surface area contributed by atoms with E-state index < -0.39 is 10.3 Å². The Balaban J connectivity index is 0.00000196. The topological polar surface area (TPSA) is 101 Å². The van der Waals surface area contributed by atoms with E-state index in [1.807, 2.05) is 0 Å². The van der Waals surface area contributed by atoms with Crippen LogP contribution < -0.4 is 39.8 Å². The van der Waals surface area contributed by atoms with Gasteiger partial charge in [-0.25, -0.2) is 13.8 Å². The van der Waals surface area contributed by atoms with Crippen LogP contribution in [0.15, 0.2) is 0 Å². The molecule has 15 heavy (non-hydrogen) atoms. The Labute approximate surface area is 112 Å². The number of hydrazine groups is 1. The molecule has 0 aromatic rings. The smallest absolute Gasteiger partial charge is 0.735 e. The minimum atomic E-state index is -4.40. The Kier molecular flexibility index (Phi) is 7.56. The molecule has 0 atom stereocenters. The first-order valence-electron chi connectivity index (χ1n) is 4.60. The fourth-order valence-electron chi connectivity index (χ4n) is 1.64. The maximum atomic E-state index is 10.2. The first-order chi connectivity index (χ1) is 6.51. The Bertz CT molecular complexity index is 264. The average molecular weight is 246 g/mol. The van der Waals surface area contributed by atoms with Crippen LogP contribution in [0.1, 0.15) is 25.7 Å². The minimum absolute atomic E-state index is 0. The second kappa shape index (κ2) is 7.18. The summed E-state index contributed by atoms with van der Waals surface area (Å²) >= 11 is 0. The van der Waals surface area contributed by atoms with Gasteiger partial charge in [0.2, 0.25) is 0 Å². The molecule has 0 amide bonds. The van der Waals surface area contributed by atoms with Crippen LogP contribution in [0.25, 0.3) is 0 Å². The van der Waals surface area contributed by atoms with Crippen LogP contribution in [0.4, 0.5) is 0 Å². The van der Waals surface area contributed by atoms with Gasteiger partial charge in [0.05, 0.1) is 0 Å². The van der Waals surface area contributed by atoms with Gasteiger partial charge in [0, 0.05) is 12.6 Å². The molecule has 0 aliphatic heterocycles. The molecule has 84 valence electrons. The third kappa shape index (κ3) is 6.85. The number of aliphatic hydroxyl groups excluding tert-OH is 1. The molecule has 3 N–H and O–H groups in total. The van der Waals surface area contributed by atoms with E-state index in [-0.39, 0.29) is 42.2 Å². The predicted octanol–water partition coefficient (Wildman–Crippen LogP) is -3.90. The van der Waals surface area contributed by atoms with Crippen molar-refractivity contribution < 1.29 is 47.6 Å². The van der Waals surface area contributed by atoms with Gasteiger partial charge in [-0.3, -0.25) is 0 Å². The van der Waals surface area contributed by atoms with Crippen molar-refractivity contribution >= 4 is 10.3 Å². The number of rotatable bonds is 4. The predicted molar refractivity (Wildman–Crippen MR) is 48.8 cm³/mol. The van der Waals surface area contributed by atoms with Crippen LogP contribution in [0.5, 0.6) is 0 Å². The van der Waals surface area contributed by atoms with Crippen molar-refractivity contribution in [3.63, 3.8) is 0 Å². The second-order valence-corrected chi connectivity index (χ2v) is 4.71. The number of hydrogen-bond acceptors (Lipinski definition) is 5. The largest absolute Gasteiger partial charge is 1.00 e. The summed E-state index contributed by atoms with van der Waals surface area (Å²) in [6.07, 6.45) is 3.25. The maximum Gasteiger partial charge on any atom is 1.00 e. The summed E-state index contributed by atoms with van der Waals surface area (Å²) < 4.78 is 30.7. The van der Waals surface area contributed by atoms with Gasteiger partial charge in [0.15, 0.2) is 10.3 Å². The number of aliphatic hydroxyl groups is 1. The summed E-state index contributed by atoms with van der Waals surface area (Å²) in [7, 11) is -4.40. The number of nitrogens with one attached hydrogen (secondary N) is 2. The Hall–Kier alpha value is 0.790. The van der Waals surface area contributed by atoms with Gasteiger partial charge in [-0.15, -0.1) is 0 Å². The zero-order valence-corrected chi connectivity index (χ0v) is 11.6. The van der Waals surface area contributed by atoms with Gasteiger partial charge >= 0.3 is 29.6 Å². The van der Waals surface area contributed by atoms with Gasteiger partial charge in [-0.2, -0.15) is 4.83 Å². The van der Waals surface area contributed by atoms with Crippen LogP contribution in [-0.2, 0) is 10.3 Å². The van der Waals surface area contributed by atoms with Crippen LogP contribution in [0, 0.1) is 5.92 Å². The van der Waals surface area contributed by atoms with E-state index in [0.29, 0.717) is 5.92 Å². The SMILES string of the molecule is O=S(=O)([O-])NNC1CCC(CO)CC1.[Na+]. The summed E-state index contributed by atoms with van der Waals surface area (Å²) in [6, 6.07) is 0.00141. The molecule has 0 aromatic carbocycles. The van der Waals surface area contributed by atoms with Crippen molar-refractivity contribution in [1.29, 1.82) is 0 Å². The molecule has 0 bridgehead atoms. The molecule has 1 aliphatic rings. The third-order valence-electron chi connectivity index (χ3n) is 2.49. The van der Waals surface area contributed by atoms with E-state index >= 15 is 0 Å². The van der Waals surface area contributed by atoms with Crippen molar-refractivity contribution in [3.8, 4) is 0 Å². The Morgan fingerprint density at radius 1 is 1.27 bits per heavy atom. The summed E-state index contributed by atoms with van der Waals surface area (Å²) in [4.78, 5) is 1.73. The van der Waals surface area contributed by atoms with Crippen LogP contribution in [0.3, 0.4) is 0 Å². The van der Waals surface area contributed by atoms with E-state index in [9.17, 15) is 13.0 Å². The van der Waals surface area contributed by atoms with Gasteiger partial charge < -0.3 is 9.66 Å². The molecule has 0 radical (unpaired) electrons. The summed E-state index contributed by atoms with van der Waals surface area (Å²) in [6.45, 7) is 0.181. The molecular weight excluding hydrogens is 231 g/mol. The fourth-order valence-corrected chi connectivity index (χ4v) is 1.96. The summed E-state index contributed by atoms with van der Waals surface area (Å²) in [5.41, 5.74) is 2.47. The van der Waals surface area contributed by atoms with E-state index in [1.54, 1.807) is 4.83 Å². The molecule has 1 saturated carbocycles. The molecule has 0 spiro atoms. The average Bonchev–Trinajstić information content (AvgIpc) is 2.14. The fraction of sp³-hybridized carbons (Fsp3) is 1.00. The van der Waals surface area contributed by atoms with Crippen molar-refractivity contribution in [3.05, 3.63) is 0 Å². The normalized spacial score (nSPS) is 27.1.